The lowest BCUT2D eigenvalue weighted by atomic mass is 10.0. The molecule has 5 nitrogen and oxygen atoms in total. The molecule has 0 heterocycles. The van der Waals surface area contributed by atoms with Crippen LogP contribution in [0.25, 0.3) is 0 Å². The number of rotatable bonds is 5. The summed E-state index contributed by atoms with van der Waals surface area (Å²) < 4.78 is 0. The third-order valence-electron chi connectivity index (χ3n) is 2.30. The fraction of sp³-hybridized carbons (Fsp3) is 0.429. The van der Waals surface area contributed by atoms with E-state index in [4.69, 9.17) is 15.2 Å². The van der Waals surface area contributed by atoms with Gasteiger partial charge in [0.2, 0.25) is 0 Å². The van der Waals surface area contributed by atoms with E-state index in [1.807, 2.05) is 26.8 Å². The van der Waals surface area contributed by atoms with Crippen molar-refractivity contribution in [2.24, 2.45) is 0 Å². The first-order chi connectivity index (χ1) is 8.81. The van der Waals surface area contributed by atoms with Crippen LogP contribution in [0, 0.1) is 11.3 Å². The average Bonchev–Trinajstić information content (AvgIpc) is 2.33. The van der Waals surface area contributed by atoms with E-state index in [1.165, 1.54) is 0 Å². The van der Waals surface area contributed by atoms with Crippen molar-refractivity contribution in [2.75, 3.05) is 0 Å². The van der Waals surface area contributed by atoms with Crippen LogP contribution in [0.1, 0.15) is 44.4 Å². The minimum Gasteiger partial charge on any atom is -0.481 e. The number of nitrogens with zero attached hydrogens (tertiary/aromatic N) is 1. The number of hydroxylamine groups is 1. The number of hydrogen-bond donors (Lipinski definition) is 2. The second-order valence-electron chi connectivity index (χ2n) is 5.22. The molecule has 0 fully saturated rings. The lowest BCUT2D eigenvalue weighted by molar-refractivity contribution is -0.141. The normalized spacial score (nSPS) is 12.7. The summed E-state index contributed by atoms with van der Waals surface area (Å²) in [5.74, 6) is -0.933. The molecule has 0 saturated carbocycles. The van der Waals surface area contributed by atoms with Crippen molar-refractivity contribution in [1.82, 2.24) is 5.48 Å². The van der Waals surface area contributed by atoms with E-state index in [1.54, 1.807) is 24.3 Å². The highest BCUT2D eigenvalue weighted by Crippen LogP contribution is 2.19. The Hall–Kier alpha value is -1.90. The highest BCUT2D eigenvalue weighted by Gasteiger charge is 2.19. The quantitative estimate of drug-likeness (QED) is 0.796. The molecule has 0 amide bonds. The van der Waals surface area contributed by atoms with Gasteiger partial charge in [-0.15, -0.1) is 0 Å². The number of benzene rings is 1. The van der Waals surface area contributed by atoms with Crippen LogP contribution in [0.15, 0.2) is 24.3 Å². The number of carbonyl (C=O) groups is 1. The molecule has 1 aromatic rings. The first kappa shape index (κ1) is 15.2. The molecule has 19 heavy (non-hydrogen) atoms. The molecule has 0 saturated heterocycles. The fourth-order valence-corrected chi connectivity index (χ4v) is 1.48. The summed E-state index contributed by atoms with van der Waals surface area (Å²) >= 11 is 0. The third kappa shape index (κ3) is 5.51. The number of nitriles is 1. The molecule has 0 bridgehead atoms. The number of carboxylic acids is 1. The van der Waals surface area contributed by atoms with E-state index < -0.39 is 17.6 Å². The Labute approximate surface area is 112 Å². The van der Waals surface area contributed by atoms with Gasteiger partial charge in [-0.3, -0.25) is 9.63 Å². The summed E-state index contributed by atoms with van der Waals surface area (Å²) in [4.78, 5) is 16.3. The summed E-state index contributed by atoms with van der Waals surface area (Å²) in [7, 11) is 0. The maximum atomic E-state index is 10.9. The lowest BCUT2D eigenvalue weighted by Crippen LogP contribution is -2.33. The Bertz CT molecular complexity index is 486. The van der Waals surface area contributed by atoms with Crippen LogP contribution in [0.4, 0.5) is 0 Å². The largest absolute Gasteiger partial charge is 0.481 e. The van der Waals surface area contributed by atoms with Crippen molar-refractivity contribution >= 4 is 5.97 Å². The molecule has 0 aromatic heterocycles. The Morgan fingerprint density at radius 2 is 2.21 bits per heavy atom. The summed E-state index contributed by atoms with van der Waals surface area (Å²) in [6, 6.07) is 8.36. The minimum absolute atomic E-state index is 0.120. The van der Waals surface area contributed by atoms with Gasteiger partial charge in [0.15, 0.2) is 0 Å². The van der Waals surface area contributed by atoms with Gasteiger partial charge in [-0.05, 0) is 38.5 Å². The van der Waals surface area contributed by atoms with Crippen LogP contribution < -0.4 is 5.48 Å². The van der Waals surface area contributed by atoms with Gasteiger partial charge in [0.05, 0.1) is 29.7 Å². The number of nitrogens with one attached hydrogen (secondary N) is 1. The lowest BCUT2D eigenvalue weighted by Gasteiger charge is -2.24. The number of carboxylic acid groups (broad SMARTS) is 1. The maximum absolute atomic E-state index is 10.9. The van der Waals surface area contributed by atoms with Gasteiger partial charge in [-0.2, -0.15) is 10.7 Å². The van der Waals surface area contributed by atoms with E-state index in [0.29, 0.717) is 11.1 Å². The first-order valence-electron chi connectivity index (χ1n) is 5.97. The predicted octanol–water partition coefficient (Wildman–Crippen LogP) is 2.39. The number of hydrogen-bond acceptors (Lipinski definition) is 4. The monoisotopic (exact) mass is 262 g/mol. The van der Waals surface area contributed by atoms with E-state index >= 15 is 0 Å². The predicted molar refractivity (Wildman–Crippen MR) is 70.1 cm³/mol. The Balaban J connectivity index is 2.89. The van der Waals surface area contributed by atoms with Crippen molar-refractivity contribution < 1.29 is 14.7 Å². The van der Waals surface area contributed by atoms with Crippen molar-refractivity contribution in [2.45, 2.75) is 38.8 Å². The second-order valence-corrected chi connectivity index (χ2v) is 5.22. The summed E-state index contributed by atoms with van der Waals surface area (Å²) in [5.41, 5.74) is 3.55. The van der Waals surface area contributed by atoms with Gasteiger partial charge in [0.1, 0.15) is 0 Å². The molecule has 0 aliphatic carbocycles. The fourth-order valence-electron chi connectivity index (χ4n) is 1.48. The summed E-state index contributed by atoms with van der Waals surface area (Å²) in [5, 5.41) is 17.8. The van der Waals surface area contributed by atoms with Gasteiger partial charge < -0.3 is 5.11 Å². The van der Waals surface area contributed by atoms with Gasteiger partial charge >= 0.3 is 5.97 Å². The zero-order chi connectivity index (χ0) is 14.5. The van der Waals surface area contributed by atoms with Crippen LogP contribution in [-0.2, 0) is 9.63 Å². The van der Waals surface area contributed by atoms with Gasteiger partial charge in [0, 0.05) is 0 Å². The molecule has 0 unspecified atom stereocenters. The molecule has 1 rings (SSSR count). The molecule has 2 N–H and O–H groups in total. The second kappa shape index (κ2) is 6.32. The molecule has 1 aromatic carbocycles. The van der Waals surface area contributed by atoms with Crippen molar-refractivity contribution in [3.63, 3.8) is 0 Å². The zero-order valence-corrected chi connectivity index (χ0v) is 11.3. The van der Waals surface area contributed by atoms with E-state index in [9.17, 15) is 4.79 Å². The highest BCUT2D eigenvalue weighted by molar-refractivity contribution is 5.68. The van der Waals surface area contributed by atoms with Gasteiger partial charge in [0.25, 0.3) is 0 Å². The highest BCUT2D eigenvalue weighted by atomic mass is 16.7. The molecule has 0 aliphatic rings. The Morgan fingerprint density at radius 3 is 2.74 bits per heavy atom. The Kier molecular flexibility index (Phi) is 5.04. The molecule has 5 heteroatoms. The van der Waals surface area contributed by atoms with Crippen LogP contribution in [0.3, 0.4) is 0 Å². The molecule has 0 aliphatic heterocycles. The van der Waals surface area contributed by atoms with Crippen molar-refractivity contribution in [3.05, 3.63) is 35.4 Å². The van der Waals surface area contributed by atoms with E-state index in [2.05, 4.69) is 5.48 Å². The van der Waals surface area contributed by atoms with Gasteiger partial charge in [-0.1, -0.05) is 12.1 Å². The van der Waals surface area contributed by atoms with Crippen LogP contribution in [0.5, 0.6) is 0 Å². The first-order valence-corrected chi connectivity index (χ1v) is 5.97. The SMILES string of the molecule is CC(C)(C)ON[C@@H](CC(=O)O)c1cccc(C#N)c1. The summed E-state index contributed by atoms with van der Waals surface area (Å²) in [6.45, 7) is 5.59. The molecule has 1 atom stereocenters. The molecule has 102 valence electrons. The van der Waals surface area contributed by atoms with E-state index in [-0.39, 0.29) is 6.42 Å². The van der Waals surface area contributed by atoms with Crippen molar-refractivity contribution in [3.8, 4) is 6.07 Å². The number of aliphatic carboxylic acids is 1. The maximum Gasteiger partial charge on any atom is 0.305 e. The summed E-state index contributed by atoms with van der Waals surface area (Å²) in [6.07, 6.45) is -0.120. The van der Waals surface area contributed by atoms with Crippen molar-refractivity contribution in [1.29, 1.82) is 5.26 Å². The van der Waals surface area contributed by atoms with Crippen LogP contribution in [0.2, 0.25) is 0 Å². The van der Waals surface area contributed by atoms with Crippen LogP contribution in [-0.4, -0.2) is 16.7 Å². The Morgan fingerprint density at radius 1 is 1.53 bits per heavy atom. The van der Waals surface area contributed by atoms with E-state index in [0.717, 1.165) is 0 Å². The average molecular weight is 262 g/mol. The molecule has 0 spiro atoms. The van der Waals surface area contributed by atoms with Gasteiger partial charge in [-0.25, -0.2) is 0 Å². The standard InChI is InChI=1S/C14H18N2O3/c1-14(2,3)19-16-12(8-13(17)18)11-6-4-5-10(7-11)9-15/h4-7,12,16H,8H2,1-3H3,(H,17,18)/t12-/m0/s1. The third-order valence-corrected chi connectivity index (χ3v) is 2.30. The minimum atomic E-state index is -0.933. The molecular weight excluding hydrogens is 244 g/mol. The molecule has 0 radical (unpaired) electrons. The molecular formula is C14H18N2O3. The topological polar surface area (TPSA) is 82.3 Å². The zero-order valence-electron chi connectivity index (χ0n) is 11.3. The van der Waals surface area contributed by atoms with Crippen LogP contribution >= 0.6 is 0 Å². The smallest absolute Gasteiger partial charge is 0.305 e.